The number of anilines is 2. The van der Waals surface area contributed by atoms with Crippen molar-refractivity contribution in [2.24, 2.45) is 0 Å². The third kappa shape index (κ3) is 4.36. The molecule has 1 aliphatic heterocycles. The lowest BCUT2D eigenvalue weighted by molar-refractivity contribution is 0.417. The molecule has 3 aromatic rings. The van der Waals surface area contributed by atoms with Crippen LogP contribution in [0.3, 0.4) is 0 Å². The number of thiophene rings is 1. The highest BCUT2D eigenvalue weighted by molar-refractivity contribution is 7.92. The smallest absolute Gasteiger partial charge is 0.229 e. The van der Waals surface area contributed by atoms with E-state index in [0.717, 1.165) is 28.1 Å². The molecule has 0 unspecified atom stereocenters. The van der Waals surface area contributed by atoms with Gasteiger partial charge in [0.25, 0.3) is 0 Å². The van der Waals surface area contributed by atoms with Crippen molar-refractivity contribution in [3.63, 3.8) is 0 Å². The number of thiocarbonyl (C=S) groups is 1. The summed E-state index contributed by atoms with van der Waals surface area (Å²) in [4.78, 5) is 7.73. The maximum absolute atomic E-state index is 11.9. The molecular weight excluding hydrogens is 452 g/mol. The molecule has 0 saturated carbocycles. The Kier molecular flexibility index (Phi) is 5.87. The van der Waals surface area contributed by atoms with Gasteiger partial charge in [0.1, 0.15) is 5.75 Å². The Bertz CT molecular complexity index is 1210. The number of aryl methyl sites for hydroxylation is 1. The fourth-order valence-corrected chi connectivity index (χ4v) is 5.67. The average molecular weight is 475 g/mol. The first kappa shape index (κ1) is 21.5. The molecule has 4 rings (SSSR count). The highest BCUT2D eigenvalue weighted by atomic mass is 32.2. The van der Waals surface area contributed by atoms with Gasteiger partial charge in [0, 0.05) is 16.8 Å². The lowest BCUT2D eigenvalue weighted by Gasteiger charge is -2.28. The van der Waals surface area contributed by atoms with Crippen molar-refractivity contribution in [1.82, 2.24) is 10.3 Å². The molecule has 31 heavy (non-hydrogen) atoms. The second kappa shape index (κ2) is 8.45. The van der Waals surface area contributed by atoms with Crippen LogP contribution in [0.4, 0.5) is 11.4 Å². The Morgan fingerprint density at radius 3 is 2.68 bits per heavy atom. The molecule has 2 N–H and O–H groups in total. The molecule has 162 valence electrons. The molecular formula is C21H22N4O3S3. The van der Waals surface area contributed by atoms with Gasteiger partial charge >= 0.3 is 0 Å². The Morgan fingerprint density at radius 1 is 1.26 bits per heavy atom. The predicted octanol–water partition coefficient (Wildman–Crippen LogP) is 4.01. The Morgan fingerprint density at radius 2 is 2.06 bits per heavy atom. The molecule has 3 heterocycles. The third-order valence-corrected chi connectivity index (χ3v) is 7.02. The molecule has 0 aliphatic carbocycles. The molecule has 0 radical (unpaired) electrons. The van der Waals surface area contributed by atoms with Gasteiger partial charge in [0.05, 0.1) is 36.8 Å². The van der Waals surface area contributed by atoms with Crippen LogP contribution < -0.4 is 19.7 Å². The molecule has 10 heteroatoms. The zero-order chi connectivity index (χ0) is 22.2. The summed E-state index contributed by atoms with van der Waals surface area (Å²) in [6.07, 6.45) is 2.87. The van der Waals surface area contributed by atoms with Crippen molar-refractivity contribution in [2.75, 3.05) is 23.0 Å². The highest BCUT2D eigenvalue weighted by Gasteiger charge is 2.42. The van der Waals surface area contributed by atoms with E-state index in [9.17, 15) is 8.42 Å². The zero-order valence-electron chi connectivity index (χ0n) is 17.2. The maximum Gasteiger partial charge on any atom is 0.229 e. The van der Waals surface area contributed by atoms with E-state index in [-0.39, 0.29) is 12.1 Å². The normalized spacial score (nSPS) is 18.7. The second-order valence-corrected chi connectivity index (χ2v) is 10.3. The number of methoxy groups -OCH3 is 1. The van der Waals surface area contributed by atoms with Gasteiger partial charge in [-0.05, 0) is 66.5 Å². The van der Waals surface area contributed by atoms with Crippen LogP contribution in [-0.2, 0) is 10.0 Å². The van der Waals surface area contributed by atoms with Gasteiger partial charge in [0.15, 0.2) is 5.11 Å². The van der Waals surface area contributed by atoms with Gasteiger partial charge < -0.3 is 15.0 Å². The number of sulfonamides is 1. The molecule has 2 atom stereocenters. The summed E-state index contributed by atoms with van der Waals surface area (Å²) < 4.78 is 31.6. The molecule has 2 aromatic heterocycles. The van der Waals surface area contributed by atoms with Crippen LogP contribution in [0.1, 0.15) is 28.2 Å². The van der Waals surface area contributed by atoms with E-state index < -0.39 is 10.0 Å². The number of hydrogen-bond donors (Lipinski definition) is 2. The quantitative estimate of drug-likeness (QED) is 0.522. The number of nitrogens with one attached hydrogen (secondary N) is 2. The van der Waals surface area contributed by atoms with Crippen LogP contribution in [0, 0.1) is 6.92 Å². The summed E-state index contributed by atoms with van der Waals surface area (Å²) in [5, 5.41) is 6.02. The number of benzene rings is 1. The molecule has 1 fully saturated rings. The minimum atomic E-state index is -3.49. The SMILES string of the molecule is COc1ccc(N2C(=S)N[C@H](c3ccccn3)[C@@H]2c2sccc2C)cc1NS(C)(=O)=O. The van der Waals surface area contributed by atoms with Crippen molar-refractivity contribution in [2.45, 2.75) is 19.0 Å². The number of hydrogen-bond acceptors (Lipinski definition) is 6. The van der Waals surface area contributed by atoms with Crippen molar-refractivity contribution in [1.29, 1.82) is 0 Å². The third-order valence-electron chi connectivity index (χ3n) is 5.03. The molecule has 0 bridgehead atoms. The number of aromatic nitrogens is 1. The van der Waals surface area contributed by atoms with Crippen molar-refractivity contribution in [3.05, 3.63) is 70.2 Å². The van der Waals surface area contributed by atoms with E-state index in [0.29, 0.717) is 16.5 Å². The summed E-state index contributed by atoms with van der Waals surface area (Å²) >= 11 is 7.39. The number of pyridine rings is 1. The summed E-state index contributed by atoms with van der Waals surface area (Å²) in [6, 6.07) is 13.0. The number of rotatable bonds is 6. The standard InChI is InChI=1S/C21H22N4O3S3/c1-13-9-11-30-20(13)19-18(15-6-4-5-10-22-15)23-21(29)25(19)14-7-8-17(28-2)16(12-14)24-31(3,26)27/h4-12,18-19,24H,1-3H3,(H,23,29)/t18-,19-/m1/s1. The molecule has 0 spiro atoms. The van der Waals surface area contributed by atoms with Gasteiger partial charge in [-0.3, -0.25) is 9.71 Å². The first-order valence-corrected chi connectivity index (χ1v) is 12.7. The van der Waals surface area contributed by atoms with E-state index in [1.54, 1.807) is 29.7 Å². The minimum Gasteiger partial charge on any atom is -0.495 e. The Labute approximate surface area is 191 Å². The number of ether oxygens (including phenoxy) is 1. The molecule has 1 aliphatic rings. The topological polar surface area (TPSA) is 83.6 Å². The Balaban J connectivity index is 1.83. The molecule has 7 nitrogen and oxygen atoms in total. The molecule has 1 aromatic carbocycles. The van der Waals surface area contributed by atoms with Crippen molar-refractivity contribution < 1.29 is 13.2 Å². The summed E-state index contributed by atoms with van der Waals surface area (Å²) in [5.41, 5.74) is 3.15. The number of nitrogens with zero attached hydrogens (tertiary/aromatic N) is 2. The fraction of sp³-hybridized carbons (Fsp3) is 0.238. The summed E-state index contributed by atoms with van der Waals surface area (Å²) in [5.74, 6) is 0.428. The fourth-order valence-electron chi connectivity index (χ4n) is 3.71. The minimum absolute atomic E-state index is 0.137. The van der Waals surface area contributed by atoms with Crippen molar-refractivity contribution in [3.8, 4) is 5.75 Å². The predicted molar refractivity (Wildman–Crippen MR) is 128 cm³/mol. The first-order valence-electron chi connectivity index (χ1n) is 9.49. The van der Waals surface area contributed by atoms with Gasteiger partial charge in [-0.2, -0.15) is 0 Å². The van der Waals surface area contributed by atoms with Gasteiger partial charge in [0.2, 0.25) is 10.0 Å². The second-order valence-electron chi connectivity index (χ2n) is 7.22. The molecule has 1 saturated heterocycles. The van der Waals surface area contributed by atoms with E-state index in [1.807, 2.05) is 29.2 Å². The zero-order valence-corrected chi connectivity index (χ0v) is 19.6. The lowest BCUT2D eigenvalue weighted by Crippen LogP contribution is -2.29. The summed E-state index contributed by atoms with van der Waals surface area (Å²) in [6.45, 7) is 2.07. The van der Waals surface area contributed by atoms with E-state index >= 15 is 0 Å². The van der Waals surface area contributed by atoms with E-state index in [1.165, 1.54) is 7.11 Å². The van der Waals surface area contributed by atoms with Gasteiger partial charge in [-0.15, -0.1) is 11.3 Å². The van der Waals surface area contributed by atoms with Crippen LogP contribution in [0.25, 0.3) is 0 Å². The van der Waals surface area contributed by atoms with Gasteiger partial charge in [-0.25, -0.2) is 8.42 Å². The maximum atomic E-state index is 11.9. The monoisotopic (exact) mass is 474 g/mol. The van der Waals surface area contributed by atoms with Crippen LogP contribution in [-0.4, -0.2) is 31.9 Å². The van der Waals surface area contributed by atoms with Crippen LogP contribution in [0.5, 0.6) is 5.75 Å². The van der Waals surface area contributed by atoms with E-state index in [4.69, 9.17) is 17.0 Å². The summed E-state index contributed by atoms with van der Waals surface area (Å²) in [7, 11) is -1.99. The van der Waals surface area contributed by atoms with Crippen LogP contribution in [0.15, 0.2) is 54.0 Å². The van der Waals surface area contributed by atoms with Crippen LogP contribution in [0.2, 0.25) is 0 Å². The first-order chi connectivity index (χ1) is 14.8. The average Bonchev–Trinajstić information content (AvgIpc) is 3.29. The van der Waals surface area contributed by atoms with E-state index in [2.05, 4.69) is 33.4 Å². The Hall–Kier alpha value is -2.69. The molecule has 0 amide bonds. The van der Waals surface area contributed by atoms with Gasteiger partial charge in [-0.1, -0.05) is 6.07 Å². The lowest BCUT2D eigenvalue weighted by atomic mass is 10.0. The van der Waals surface area contributed by atoms with Crippen molar-refractivity contribution >= 4 is 50.1 Å². The van der Waals surface area contributed by atoms with Crippen LogP contribution >= 0.6 is 23.6 Å². The largest absolute Gasteiger partial charge is 0.495 e. The highest BCUT2D eigenvalue weighted by Crippen LogP contribution is 2.45.